The number of carbonyl (C=O) groups is 1. The fraction of sp³-hybridized carbons (Fsp3) is 0.440. The van der Waals surface area contributed by atoms with E-state index in [0.717, 1.165) is 43.6 Å². The predicted octanol–water partition coefficient (Wildman–Crippen LogP) is 4.30. The standard InChI is InChI=1S/C25H26FN5O2/c1-16-28-24-9-5-19(15-30(24)29-16)12-17-2-6-20(7-3-17)25(32)31-23(10-11-33-31)21-13-18(14-27)4-8-22(21)26/h4-5,8-9,13,15,17,20,23H,2-3,6-7,10-12H2,1H3/t17?,20?,23-/m0/s1. The van der Waals surface area contributed by atoms with Gasteiger partial charge in [-0.3, -0.25) is 9.63 Å². The molecule has 1 atom stereocenters. The number of carbonyl (C=O) groups excluding carboxylic acids is 1. The van der Waals surface area contributed by atoms with Gasteiger partial charge < -0.3 is 0 Å². The largest absolute Gasteiger partial charge is 0.272 e. The van der Waals surface area contributed by atoms with Crippen molar-refractivity contribution in [3.63, 3.8) is 0 Å². The minimum atomic E-state index is -0.485. The Morgan fingerprint density at radius 2 is 2.03 bits per heavy atom. The number of fused-ring (bicyclic) bond motifs is 1. The number of hydroxylamine groups is 2. The van der Waals surface area contributed by atoms with E-state index in [9.17, 15) is 9.18 Å². The van der Waals surface area contributed by atoms with Crippen LogP contribution in [0.4, 0.5) is 4.39 Å². The predicted molar refractivity (Wildman–Crippen MR) is 118 cm³/mol. The molecule has 2 aromatic heterocycles. The van der Waals surface area contributed by atoms with E-state index in [1.807, 2.05) is 29.8 Å². The lowest BCUT2D eigenvalue weighted by atomic mass is 9.79. The van der Waals surface area contributed by atoms with Crippen LogP contribution in [0.3, 0.4) is 0 Å². The zero-order chi connectivity index (χ0) is 22.9. The van der Waals surface area contributed by atoms with E-state index in [1.54, 1.807) is 0 Å². The summed E-state index contributed by atoms with van der Waals surface area (Å²) in [7, 11) is 0. The third kappa shape index (κ3) is 4.33. The summed E-state index contributed by atoms with van der Waals surface area (Å²) in [5.74, 6) is 0.663. The topological polar surface area (TPSA) is 83.5 Å². The molecule has 170 valence electrons. The average Bonchev–Trinajstić information content (AvgIpc) is 3.45. The molecule has 3 aromatic rings. The van der Waals surface area contributed by atoms with Gasteiger partial charge in [-0.15, -0.1) is 0 Å². The lowest BCUT2D eigenvalue weighted by Crippen LogP contribution is -2.37. The van der Waals surface area contributed by atoms with Gasteiger partial charge in [0.15, 0.2) is 5.65 Å². The van der Waals surface area contributed by atoms with Crippen molar-refractivity contribution in [3.05, 3.63) is 64.9 Å². The van der Waals surface area contributed by atoms with Crippen molar-refractivity contribution in [2.24, 2.45) is 11.8 Å². The van der Waals surface area contributed by atoms with Gasteiger partial charge in [-0.1, -0.05) is 6.07 Å². The molecule has 7 nitrogen and oxygen atoms in total. The van der Waals surface area contributed by atoms with Crippen molar-refractivity contribution in [1.29, 1.82) is 5.26 Å². The monoisotopic (exact) mass is 447 g/mol. The molecule has 1 amide bonds. The van der Waals surface area contributed by atoms with E-state index in [1.165, 1.54) is 28.8 Å². The second-order valence-corrected chi connectivity index (χ2v) is 9.07. The first kappa shape index (κ1) is 21.5. The number of aryl methyl sites for hydroxylation is 1. The molecule has 1 saturated carbocycles. The van der Waals surface area contributed by atoms with Crippen molar-refractivity contribution in [2.75, 3.05) is 6.61 Å². The highest BCUT2D eigenvalue weighted by Crippen LogP contribution is 2.38. The number of halogens is 1. The molecule has 0 bridgehead atoms. The number of aromatic nitrogens is 3. The molecule has 0 N–H and O–H groups in total. The van der Waals surface area contributed by atoms with Gasteiger partial charge in [0.05, 0.1) is 24.3 Å². The van der Waals surface area contributed by atoms with Crippen LogP contribution in [0.25, 0.3) is 5.65 Å². The first-order chi connectivity index (χ1) is 16.0. The summed E-state index contributed by atoms with van der Waals surface area (Å²) in [6, 6.07) is 9.92. The quantitative estimate of drug-likeness (QED) is 0.595. The third-order valence-electron chi connectivity index (χ3n) is 6.82. The molecule has 0 unspecified atom stereocenters. The molecule has 0 spiro atoms. The van der Waals surface area contributed by atoms with E-state index in [-0.39, 0.29) is 11.8 Å². The normalized spacial score (nSPS) is 23.1. The lowest BCUT2D eigenvalue weighted by Gasteiger charge is -2.32. The summed E-state index contributed by atoms with van der Waals surface area (Å²) in [6.07, 6.45) is 7.02. The third-order valence-corrected chi connectivity index (χ3v) is 6.82. The molecule has 2 aliphatic rings. The minimum absolute atomic E-state index is 0.0720. The van der Waals surface area contributed by atoms with Gasteiger partial charge in [-0.25, -0.2) is 19.0 Å². The highest BCUT2D eigenvalue weighted by molar-refractivity contribution is 5.78. The van der Waals surface area contributed by atoms with Gasteiger partial charge >= 0.3 is 0 Å². The SMILES string of the molecule is Cc1nc2ccc(CC3CCC(C(=O)N4OCC[C@H]4c4cc(C#N)ccc4F)CC3)cn2n1. The van der Waals surface area contributed by atoms with Crippen LogP contribution in [-0.4, -0.2) is 32.2 Å². The fourth-order valence-electron chi connectivity index (χ4n) is 5.12. The van der Waals surface area contributed by atoms with Crippen molar-refractivity contribution in [1.82, 2.24) is 19.7 Å². The molecule has 33 heavy (non-hydrogen) atoms. The first-order valence-corrected chi connectivity index (χ1v) is 11.5. The Morgan fingerprint density at radius 1 is 1.21 bits per heavy atom. The molecular formula is C25H26FN5O2. The van der Waals surface area contributed by atoms with Crippen LogP contribution < -0.4 is 0 Å². The molecule has 1 aliphatic carbocycles. The minimum Gasteiger partial charge on any atom is -0.272 e. The lowest BCUT2D eigenvalue weighted by molar-refractivity contribution is -0.183. The van der Waals surface area contributed by atoms with Crippen LogP contribution in [-0.2, 0) is 16.1 Å². The Kier molecular flexibility index (Phi) is 5.81. The van der Waals surface area contributed by atoms with Crippen LogP contribution in [0.2, 0.25) is 0 Å². The molecule has 5 rings (SSSR count). The van der Waals surface area contributed by atoms with Crippen molar-refractivity contribution >= 4 is 11.6 Å². The summed E-state index contributed by atoms with van der Waals surface area (Å²) < 4.78 is 16.3. The van der Waals surface area contributed by atoms with Gasteiger partial charge in [0, 0.05) is 24.1 Å². The molecule has 1 saturated heterocycles. The maximum atomic E-state index is 14.5. The van der Waals surface area contributed by atoms with Gasteiger partial charge in [0.25, 0.3) is 0 Å². The highest BCUT2D eigenvalue weighted by Gasteiger charge is 2.38. The Morgan fingerprint density at radius 3 is 2.82 bits per heavy atom. The molecule has 8 heteroatoms. The average molecular weight is 448 g/mol. The van der Waals surface area contributed by atoms with Gasteiger partial charge in [-0.2, -0.15) is 10.4 Å². The summed E-state index contributed by atoms with van der Waals surface area (Å²) >= 11 is 0. The number of amides is 1. The van der Waals surface area contributed by atoms with E-state index in [2.05, 4.69) is 16.1 Å². The molecular weight excluding hydrogens is 421 g/mol. The number of hydrogen-bond donors (Lipinski definition) is 0. The summed E-state index contributed by atoms with van der Waals surface area (Å²) in [6.45, 7) is 2.25. The maximum Gasteiger partial charge on any atom is 0.249 e. The zero-order valence-electron chi connectivity index (χ0n) is 18.6. The van der Waals surface area contributed by atoms with Crippen LogP contribution in [0.15, 0.2) is 36.5 Å². The number of pyridine rings is 1. The molecule has 1 aliphatic heterocycles. The number of rotatable bonds is 4. The second kappa shape index (κ2) is 8.91. The highest BCUT2D eigenvalue weighted by atomic mass is 19.1. The number of nitriles is 1. The Labute approximate surface area is 191 Å². The van der Waals surface area contributed by atoms with Crippen LogP contribution in [0.5, 0.6) is 0 Å². The first-order valence-electron chi connectivity index (χ1n) is 11.5. The van der Waals surface area contributed by atoms with E-state index >= 15 is 0 Å². The fourth-order valence-corrected chi connectivity index (χ4v) is 5.12. The van der Waals surface area contributed by atoms with E-state index < -0.39 is 11.9 Å². The smallest absolute Gasteiger partial charge is 0.249 e. The van der Waals surface area contributed by atoms with Crippen molar-refractivity contribution in [2.45, 2.75) is 51.5 Å². The Hall–Kier alpha value is -3.31. The summed E-state index contributed by atoms with van der Waals surface area (Å²) in [5, 5.41) is 14.9. The molecule has 3 heterocycles. The van der Waals surface area contributed by atoms with Crippen LogP contribution >= 0.6 is 0 Å². The van der Waals surface area contributed by atoms with Crippen molar-refractivity contribution < 1.29 is 14.0 Å². The van der Waals surface area contributed by atoms with Crippen molar-refractivity contribution in [3.8, 4) is 6.07 Å². The molecule has 2 fully saturated rings. The summed E-state index contributed by atoms with van der Waals surface area (Å²) in [4.78, 5) is 23.3. The molecule has 0 radical (unpaired) electrons. The molecule has 1 aromatic carbocycles. The van der Waals surface area contributed by atoms with Crippen LogP contribution in [0, 0.1) is 35.9 Å². The van der Waals surface area contributed by atoms with Crippen LogP contribution in [0.1, 0.15) is 60.7 Å². The summed E-state index contributed by atoms with van der Waals surface area (Å²) in [5.41, 5.74) is 2.80. The van der Waals surface area contributed by atoms with E-state index in [0.29, 0.717) is 30.1 Å². The number of nitrogens with zero attached hydrogens (tertiary/aromatic N) is 5. The van der Waals surface area contributed by atoms with E-state index in [4.69, 9.17) is 10.1 Å². The van der Waals surface area contributed by atoms with Gasteiger partial charge in [-0.05, 0) is 74.8 Å². The zero-order valence-corrected chi connectivity index (χ0v) is 18.6. The van der Waals surface area contributed by atoms with Gasteiger partial charge in [0.1, 0.15) is 11.6 Å². The number of benzene rings is 1. The Bertz CT molecular complexity index is 1230. The second-order valence-electron chi connectivity index (χ2n) is 9.07. The maximum absolute atomic E-state index is 14.5. The van der Waals surface area contributed by atoms with Gasteiger partial charge in [0.2, 0.25) is 5.91 Å². The Balaban J connectivity index is 1.22. The number of hydrogen-bond acceptors (Lipinski definition) is 5.